The number of benzene rings is 2. The van der Waals surface area contributed by atoms with Crippen LogP contribution >= 0.6 is 11.9 Å². The van der Waals surface area contributed by atoms with Crippen molar-refractivity contribution in [2.75, 3.05) is 0 Å². The minimum Gasteiger partial charge on any atom is -0.507 e. The van der Waals surface area contributed by atoms with Gasteiger partial charge in [-0.1, -0.05) is 12.1 Å². The Hall–Kier alpha value is -2.54. The number of aromatic hydroxyl groups is 1. The second-order valence-corrected chi connectivity index (χ2v) is 4.68. The predicted molar refractivity (Wildman–Crippen MR) is 74.5 cm³/mol. The third-order valence-corrected chi connectivity index (χ3v) is 3.25. The van der Waals surface area contributed by atoms with E-state index in [1.165, 1.54) is 36.4 Å². The van der Waals surface area contributed by atoms with Crippen LogP contribution in [0.25, 0.3) is 0 Å². The molecular weight excluding hydrogens is 280 g/mol. The van der Waals surface area contributed by atoms with E-state index in [1.54, 1.807) is 12.1 Å². The fourth-order valence-corrected chi connectivity index (χ4v) is 2.05. The highest BCUT2D eigenvalue weighted by Gasteiger charge is 2.10. The quantitative estimate of drug-likeness (QED) is 0.513. The van der Waals surface area contributed by atoms with Crippen molar-refractivity contribution in [1.29, 1.82) is 0 Å². The fourth-order valence-electron chi connectivity index (χ4n) is 1.46. The Balaban J connectivity index is 2.00. The first-order chi connectivity index (χ1) is 9.58. The summed E-state index contributed by atoms with van der Waals surface area (Å²) in [6, 6.07) is 12.0. The lowest BCUT2D eigenvalue weighted by molar-refractivity contribution is -0.384. The smallest absolute Gasteiger partial charge is 0.269 e. The molecule has 0 fully saturated rings. The largest absolute Gasteiger partial charge is 0.507 e. The highest BCUT2D eigenvalue weighted by molar-refractivity contribution is 7.98. The van der Waals surface area contributed by atoms with Gasteiger partial charge in [0.25, 0.3) is 11.6 Å². The van der Waals surface area contributed by atoms with Gasteiger partial charge >= 0.3 is 0 Å². The van der Waals surface area contributed by atoms with E-state index in [0.717, 1.165) is 11.9 Å². The number of carbonyl (C=O) groups excluding carboxylic acids is 1. The summed E-state index contributed by atoms with van der Waals surface area (Å²) in [6.45, 7) is 0. The van der Waals surface area contributed by atoms with Gasteiger partial charge < -0.3 is 5.11 Å². The van der Waals surface area contributed by atoms with Gasteiger partial charge in [0.15, 0.2) is 0 Å². The molecule has 0 aliphatic rings. The number of carbonyl (C=O) groups is 1. The molecule has 0 aliphatic heterocycles. The molecule has 0 saturated carbocycles. The number of non-ortho nitro benzene ring substituents is 1. The van der Waals surface area contributed by atoms with E-state index in [-0.39, 0.29) is 17.0 Å². The van der Waals surface area contributed by atoms with Crippen molar-refractivity contribution >= 4 is 23.5 Å². The van der Waals surface area contributed by atoms with Gasteiger partial charge in [-0.25, -0.2) is 0 Å². The first-order valence-electron chi connectivity index (χ1n) is 5.57. The summed E-state index contributed by atoms with van der Waals surface area (Å²) >= 11 is 1.02. The lowest BCUT2D eigenvalue weighted by atomic mass is 10.2. The first kappa shape index (κ1) is 13.9. The average molecular weight is 290 g/mol. The van der Waals surface area contributed by atoms with Gasteiger partial charge in [0.2, 0.25) is 0 Å². The van der Waals surface area contributed by atoms with Crippen LogP contribution in [-0.4, -0.2) is 15.9 Å². The fraction of sp³-hybridized carbons (Fsp3) is 0. The normalized spacial score (nSPS) is 10.0. The molecule has 0 heterocycles. The zero-order valence-electron chi connectivity index (χ0n) is 10.1. The molecular formula is C13H10N2O4S. The van der Waals surface area contributed by atoms with Crippen LogP contribution in [0.15, 0.2) is 53.4 Å². The van der Waals surface area contributed by atoms with Crippen LogP contribution in [0, 0.1) is 10.1 Å². The van der Waals surface area contributed by atoms with Crippen molar-refractivity contribution in [3.63, 3.8) is 0 Å². The van der Waals surface area contributed by atoms with Crippen molar-refractivity contribution in [1.82, 2.24) is 4.72 Å². The number of phenolic OH excluding ortho intramolecular Hbond substituents is 1. The van der Waals surface area contributed by atoms with Crippen LogP contribution in [0.5, 0.6) is 5.75 Å². The maximum atomic E-state index is 11.8. The van der Waals surface area contributed by atoms with Gasteiger partial charge in [-0.3, -0.25) is 19.6 Å². The maximum absolute atomic E-state index is 11.8. The van der Waals surface area contributed by atoms with E-state index in [9.17, 15) is 20.0 Å². The third kappa shape index (κ3) is 3.27. The Bertz CT molecular complexity index is 643. The van der Waals surface area contributed by atoms with Gasteiger partial charge in [0, 0.05) is 17.0 Å². The number of rotatable bonds is 4. The van der Waals surface area contributed by atoms with Crippen molar-refractivity contribution in [2.45, 2.75) is 4.90 Å². The van der Waals surface area contributed by atoms with Crippen LogP contribution in [0.4, 0.5) is 5.69 Å². The van der Waals surface area contributed by atoms with Crippen LogP contribution in [-0.2, 0) is 0 Å². The van der Waals surface area contributed by atoms with Crippen LogP contribution in [0.2, 0.25) is 0 Å². The Morgan fingerprint density at radius 2 is 1.80 bits per heavy atom. The topological polar surface area (TPSA) is 92.5 Å². The molecule has 102 valence electrons. The minimum atomic E-state index is -0.491. The van der Waals surface area contributed by atoms with Gasteiger partial charge in [0.1, 0.15) is 5.75 Å². The molecule has 2 aromatic carbocycles. The van der Waals surface area contributed by atoms with E-state index in [0.29, 0.717) is 4.90 Å². The monoisotopic (exact) mass is 290 g/mol. The molecule has 7 heteroatoms. The summed E-state index contributed by atoms with van der Waals surface area (Å²) in [7, 11) is 0. The Morgan fingerprint density at radius 3 is 2.40 bits per heavy atom. The number of phenols is 1. The molecule has 2 rings (SSSR count). The van der Waals surface area contributed by atoms with Crippen molar-refractivity contribution in [3.05, 3.63) is 64.2 Å². The average Bonchev–Trinajstić information content (AvgIpc) is 2.45. The number of nitrogens with zero attached hydrogens (tertiary/aromatic N) is 1. The molecule has 0 unspecified atom stereocenters. The van der Waals surface area contributed by atoms with Crippen molar-refractivity contribution in [2.24, 2.45) is 0 Å². The van der Waals surface area contributed by atoms with E-state index >= 15 is 0 Å². The number of hydrogen-bond donors (Lipinski definition) is 2. The van der Waals surface area contributed by atoms with Crippen molar-refractivity contribution in [3.8, 4) is 5.75 Å². The second-order valence-electron chi connectivity index (χ2n) is 3.80. The zero-order chi connectivity index (χ0) is 14.5. The molecule has 2 aromatic rings. The lowest BCUT2D eigenvalue weighted by Crippen LogP contribution is -2.15. The zero-order valence-corrected chi connectivity index (χ0v) is 11.0. The number of hydrogen-bond acceptors (Lipinski definition) is 5. The number of amides is 1. The van der Waals surface area contributed by atoms with Crippen LogP contribution < -0.4 is 4.72 Å². The summed E-state index contributed by atoms with van der Waals surface area (Å²) in [4.78, 5) is 22.5. The molecule has 0 aliphatic carbocycles. The van der Waals surface area contributed by atoms with E-state index < -0.39 is 10.8 Å². The highest BCUT2D eigenvalue weighted by Crippen LogP contribution is 2.21. The van der Waals surface area contributed by atoms with Gasteiger partial charge in [-0.2, -0.15) is 0 Å². The Morgan fingerprint density at radius 1 is 1.15 bits per heavy atom. The third-order valence-electron chi connectivity index (χ3n) is 2.46. The summed E-state index contributed by atoms with van der Waals surface area (Å²) in [6.07, 6.45) is 0. The Kier molecular flexibility index (Phi) is 4.21. The number of nitro benzene ring substituents is 1. The predicted octanol–water partition coefficient (Wildman–Crippen LogP) is 2.74. The molecule has 0 atom stereocenters. The number of nitro groups is 1. The molecule has 0 spiro atoms. The van der Waals surface area contributed by atoms with E-state index in [1.807, 2.05) is 0 Å². The standard InChI is InChI=1S/C13H10N2O4S/c16-12-4-2-1-3-11(12)13(17)14-20-10-7-5-9(6-8-10)15(18)19/h1-8,16H,(H,14,17). The summed E-state index contributed by atoms with van der Waals surface area (Å²) in [5.41, 5.74) is 0.156. The molecule has 20 heavy (non-hydrogen) atoms. The van der Waals surface area contributed by atoms with E-state index in [4.69, 9.17) is 0 Å². The maximum Gasteiger partial charge on any atom is 0.269 e. The van der Waals surface area contributed by atoms with Gasteiger partial charge in [0.05, 0.1) is 10.5 Å². The molecule has 6 nitrogen and oxygen atoms in total. The first-order valence-corrected chi connectivity index (χ1v) is 6.39. The Labute approximate surface area is 118 Å². The molecule has 2 N–H and O–H groups in total. The molecule has 0 bridgehead atoms. The number of nitrogens with one attached hydrogen (secondary N) is 1. The van der Waals surface area contributed by atoms with E-state index in [2.05, 4.69) is 4.72 Å². The van der Waals surface area contributed by atoms with Gasteiger partial charge in [-0.05, 0) is 36.2 Å². The summed E-state index contributed by atoms with van der Waals surface area (Å²) < 4.78 is 2.55. The molecule has 0 aromatic heterocycles. The molecule has 0 saturated heterocycles. The lowest BCUT2D eigenvalue weighted by Gasteiger charge is -2.05. The van der Waals surface area contributed by atoms with Crippen molar-refractivity contribution < 1.29 is 14.8 Å². The minimum absolute atomic E-state index is 0.0126. The summed E-state index contributed by atoms with van der Waals surface area (Å²) in [5.74, 6) is -0.541. The van der Waals surface area contributed by atoms with Crippen LogP contribution in [0.3, 0.4) is 0 Å². The molecule has 0 radical (unpaired) electrons. The second kappa shape index (κ2) is 6.07. The summed E-state index contributed by atoms with van der Waals surface area (Å²) in [5, 5.41) is 20.0. The van der Waals surface area contributed by atoms with Crippen LogP contribution in [0.1, 0.15) is 10.4 Å². The molecule has 1 amide bonds. The highest BCUT2D eigenvalue weighted by atomic mass is 32.2. The van der Waals surface area contributed by atoms with Gasteiger partial charge in [-0.15, -0.1) is 0 Å². The number of para-hydroxylation sites is 1. The SMILES string of the molecule is O=C(NSc1ccc([N+](=O)[O-])cc1)c1ccccc1O.